The SMILES string of the molecule is OCc1cc(Br)c2nccn2c1. The standard InChI is InChI=1S/C8H7BrN2O/c9-7-3-6(5-12)4-11-2-1-10-8(7)11/h1-4,12H,5H2. The molecule has 0 saturated heterocycles. The Morgan fingerprint density at radius 1 is 1.58 bits per heavy atom. The van der Waals surface area contributed by atoms with Crippen LogP contribution in [-0.2, 0) is 6.61 Å². The van der Waals surface area contributed by atoms with Gasteiger partial charge < -0.3 is 9.51 Å². The van der Waals surface area contributed by atoms with Gasteiger partial charge in [0.05, 0.1) is 11.1 Å². The second kappa shape index (κ2) is 2.88. The van der Waals surface area contributed by atoms with Gasteiger partial charge in [-0.25, -0.2) is 4.98 Å². The van der Waals surface area contributed by atoms with Gasteiger partial charge in [0, 0.05) is 18.6 Å². The molecule has 2 aromatic heterocycles. The minimum absolute atomic E-state index is 0.0483. The van der Waals surface area contributed by atoms with Crippen molar-refractivity contribution in [3.05, 3.63) is 34.7 Å². The molecule has 2 aromatic rings. The average molecular weight is 227 g/mol. The predicted octanol–water partition coefficient (Wildman–Crippen LogP) is 1.59. The lowest BCUT2D eigenvalue weighted by Crippen LogP contribution is -1.90. The number of aliphatic hydroxyl groups excluding tert-OH is 1. The zero-order chi connectivity index (χ0) is 8.55. The summed E-state index contributed by atoms with van der Waals surface area (Å²) in [6.45, 7) is 0.0483. The fraction of sp³-hybridized carbons (Fsp3) is 0.125. The lowest BCUT2D eigenvalue weighted by molar-refractivity contribution is 0.281. The number of halogens is 1. The van der Waals surface area contributed by atoms with E-state index in [4.69, 9.17) is 5.11 Å². The van der Waals surface area contributed by atoms with Crippen molar-refractivity contribution in [2.75, 3.05) is 0 Å². The third kappa shape index (κ3) is 1.13. The van der Waals surface area contributed by atoms with Crippen LogP contribution >= 0.6 is 15.9 Å². The van der Waals surface area contributed by atoms with E-state index in [-0.39, 0.29) is 6.61 Å². The Bertz CT molecular complexity index is 410. The molecule has 0 radical (unpaired) electrons. The van der Waals surface area contributed by atoms with Crippen molar-refractivity contribution in [1.82, 2.24) is 9.38 Å². The molecule has 0 bridgehead atoms. The molecule has 0 fully saturated rings. The number of aliphatic hydroxyl groups is 1. The fourth-order valence-corrected chi connectivity index (χ4v) is 1.73. The van der Waals surface area contributed by atoms with Gasteiger partial charge in [0.1, 0.15) is 0 Å². The van der Waals surface area contributed by atoms with Crippen LogP contribution in [0.25, 0.3) is 5.65 Å². The van der Waals surface area contributed by atoms with Gasteiger partial charge in [0.25, 0.3) is 0 Å². The van der Waals surface area contributed by atoms with E-state index in [0.717, 1.165) is 15.7 Å². The number of imidazole rings is 1. The van der Waals surface area contributed by atoms with Crippen molar-refractivity contribution in [2.24, 2.45) is 0 Å². The minimum atomic E-state index is 0.0483. The molecule has 0 aliphatic rings. The highest BCUT2D eigenvalue weighted by Gasteiger charge is 2.01. The molecule has 0 spiro atoms. The Balaban J connectivity index is 2.75. The molecular weight excluding hydrogens is 220 g/mol. The quantitative estimate of drug-likeness (QED) is 0.803. The second-order valence-electron chi connectivity index (χ2n) is 2.51. The Kier molecular flexibility index (Phi) is 1.86. The maximum atomic E-state index is 8.90. The van der Waals surface area contributed by atoms with Crippen LogP contribution in [0.2, 0.25) is 0 Å². The van der Waals surface area contributed by atoms with Crippen molar-refractivity contribution in [2.45, 2.75) is 6.61 Å². The van der Waals surface area contributed by atoms with Crippen molar-refractivity contribution < 1.29 is 5.11 Å². The molecule has 0 aromatic carbocycles. The van der Waals surface area contributed by atoms with Crippen LogP contribution in [0.15, 0.2) is 29.1 Å². The summed E-state index contributed by atoms with van der Waals surface area (Å²) < 4.78 is 2.77. The van der Waals surface area contributed by atoms with Crippen molar-refractivity contribution in [3.8, 4) is 0 Å². The molecule has 0 aliphatic heterocycles. The Morgan fingerprint density at radius 2 is 2.42 bits per heavy atom. The summed E-state index contributed by atoms with van der Waals surface area (Å²) in [6, 6.07) is 1.86. The van der Waals surface area contributed by atoms with E-state index in [0.29, 0.717) is 0 Å². The molecule has 62 valence electrons. The molecule has 3 nitrogen and oxygen atoms in total. The number of rotatable bonds is 1. The first-order valence-electron chi connectivity index (χ1n) is 3.53. The van der Waals surface area contributed by atoms with Crippen LogP contribution in [0.5, 0.6) is 0 Å². The van der Waals surface area contributed by atoms with Crippen LogP contribution < -0.4 is 0 Å². The Morgan fingerprint density at radius 3 is 3.17 bits per heavy atom. The van der Waals surface area contributed by atoms with Crippen molar-refractivity contribution in [3.63, 3.8) is 0 Å². The molecule has 1 N–H and O–H groups in total. The van der Waals surface area contributed by atoms with Gasteiger partial charge in [-0.1, -0.05) is 0 Å². The van der Waals surface area contributed by atoms with Crippen LogP contribution in [0, 0.1) is 0 Å². The summed E-state index contributed by atoms with van der Waals surface area (Å²) in [5, 5.41) is 8.90. The minimum Gasteiger partial charge on any atom is -0.392 e. The molecule has 2 rings (SSSR count). The lowest BCUT2D eigenvalue weighted by Gasteiger charge is -2.00. The van der Waals surface area contributed by atoms with Crippen LogP contribution in [0.4, 0.5) is 0 Å². The van der Waals surface area contributed by atoms with Gasteiger partial charge >= 0.3 is 0 Å². The highest BCUT2D eigenvalue weighted by atomic mass is 79.9. The summed E-state index contributed by atoms with van der Waals surface area (Å²) in [6.07, 6.45) is 5.42. The lowest BCUT2D eigenvalue weighted by atomic mass is 10.3. The smallest absolute Gasteiger partial charge is 0.151 e. The van der Waals surface area contributed by atoms with E-state index in [1.165, 1.54) is 0 Å². The topological polar surface area (TPSA) is 37.5 Å². The zero-order valence-electron chi connectivity index (χ0n) is 6.24. The number of pyridine rings is 1. The summed E-state index contributed by atoms with van der Waals surface area (Å²) in [5.74, 6) is 0. The Labute approximate surface area is 77.8 Å². The van der Waals surface area contributed by atoms with Gasteiger partial charge in [-0.2, -0.15) is 0 Å². The van der Waals surface area contributed by atoms with Crippen LogP contribution in [0.3, 0.4) is 0 Å². The van der Waals surface area contributed by atoms with E-state index in [1.54, 1.807) is 6.20 Å². The van der Waals surface area contributed by atoms with Gasteiger partial charge in [-0.15, -0.1) is 0 Å². The largest absolute Gasteiger partial charge is 0.392 e. The van der Waals surface area contributed by atoms with E-state index in [1.807, 2.05) is 22.9 Å². The molecule has 0 saturated carbocycles. The predicted molar refractivity (Wildman–Crippen MR) is 48.8 cm³/mol. The highest BCUT2D eigenvalue weighted by Crippen LogP contribution is 2.17. The van der Waals surface area contributed by atoms with E-state index in [2.05, 4.69) is 20.9 Å². The van der Waals surface area contributed by atoms with E-state index < -0.39 is 0 Å². The third-order valence-electron chi connectivity index (χ3n) is 1.68. The summed E-state index contributed by atoms with van der Waals surface area (Å²) in [4.78, 5) is 4.13. The summed E-state index contributed by atoms with van der Waals surface area (Å²) >= 11 is 3.37. The third-order valence-corrected chi connectivity index (χ3v) is 2.27. The van der Waals surface area contributed by atoms with E-state index >= 15 is 0 Å². The Hall–Kier alpha value is -0.870. The number of fused-ring (bicyclic) bond motifs is 1. The first kappa shape index (κ1) is 7.76. The first-order chi connectivity index (χ1) is 5.81. The second-order valence-corrected chi connectivity index (χ2v) is 3.37. The molecule has 0 atom stereocenters. The number of hydrogen-bond acceptors (Lipinski definition) is 2. The van der Waals surface area contributed by atoms with Gasteiger partial charge in [0.15, 0.2) is 5.65 Å². The van der Waals surface area contributed by atoms with Gasteiger partial charge in [0.2, 0.25) is 0 Å². The van der Waals surface area contributed by atoms with Gasteiger partial charge in [-0.05, 0) is 27.6 Å². The molecule has 4 heteroatoms. The molecule has 0 amide bonds. The zero-order valence-corrected chi connectivity index (χ0v) is 7.82. The molecular formula is C8H7BrN2O. The fourth-order valence-electron chi connectivity index (χ4n) is 1.13. The van der Waals surface area contributed by atoms with Crippen LogP contribution in [0.1, 0.15) is 5.56 Å². The maximum Gasteiger partial charge on any atom is 0.151 e. The normalized spacial score (nSPS) is 10.8. The molecule has 0 unspecified atom stereocenters. The molecule has 2 heterocycles. The monoisotopic (exact) mass is 226 g/mol. The van der Waals surface area contributed by atoms with Gasteiger partial charge in [-0.3, -0.25) is 0 Å². The number of nitrogens with zero attached hydrogens (tertiary/aromatic N) is 2. The number of aromatic nitrogens is 2. The molecule has 12 heavy (non-hydrogen) atoms. The maximum absolute atomic E-state index is 8.90. The highest BCUT2D eigenvalue weighted by molar-refractivity contribution is 9.10. The average Bonchev–Trinajstić information content (AvgIpc) is 2.52. The van der Waals surface area contributed by atoms with Crippen molar-refractivity contribution in [1.29, 1.82) is 0 Å². The van der Waals surface area contributed by atoms with Crippen molar-refractivity contribution >= 4 is 21.6 Å². The van der Waals surface area contributed by atoms with E-state index in [9.17, 15) is 0 Å². The number of hydrogen-bond donors (Lipinski definition) is 1. The first-order valence-corrected chi connectivity index (χ1v) is 4.32. The summed E-state index contributed by atoms with van der Waals surface area (Å²) in [7, 11) is 0. The van der Waals surface area contributed by atoms with Crippen LogP contribution in [-0.4, -0.2) is 14.5 Å². The molecule has 0 aliphatic carbocycles. The summed E-state index contributed by atoms with van der Waals surface area (Å²) in [5.41, 5.74) is 1.74.